The number of rotatable bonds is 3. The first kappa shape index (κ1) is 18.4. The monoisotopic (exact) mass is 376 g/mol. The number of aromatic nitrogens is 1. The number of ketones is 1. The molecule has 0 bridgehead atoms. The number of carbonyl (C=O) groups is 2. The molecule has 1 saturated heterocycles. The van der Waals surface area contributed by atoms with Crippen molar-refractivity contribution in [2.75, 3.05) is 0 Å². The third-order valence-corrected chi connectivity index (χ3v) is 5.98. The molecule has 1 N–H and O–H groups in total. The summed E-state index contributed by atoms with van der Waals surface area (Å²) in [7, 11) is 0. The average molecular weight is 376 g/mol. The maximum absolute atomic E-state index is 13.0. The molecular formula is C23H24N2O3. The van der Waals surface area contributed by atoms with Gasteiger partial charge in [0.05, 0.1) is 11.6 Å². The molecule has 2 heterocycles. The highest BCUT2D eigenvalue weighted by molar-refractivity contribution is 6.46. The lowest BCUT2D eigenvalue weighted by Crippen LogP contribution is -2.37. The van der Waals surface area contributed by atoms with Crippen molar-refractivity contribution in [1.29, 1.82) is 0 Å². The number of nitrogens with zero attached hydrogens (tertiary/aromatic N) is 2. The summed E-state index contributed by atoms with van der Waals surface area (Å²) in [5.74, 6) is -1.25. The highest BCUT2D eigenvalue weighted by Crippen LogP contribution is 2.43. The molecule has 0 spiro atoms. The minimum absolute atomic E-state index is 0.0201. The van der Waals surface area contributed by atoms with Crippen molar-refractivity contribution in [2.24, 2.45) is 0 Å². The van der Waals surface area contributed by atoms with Gasteiger partial charge in [-0.1, -0.05) is 31.0 Å². The number of aryl methyl sites for hydroxylation is 2. The van der Waals surface area contributed by atoms with Gasteiger partial charge >= 0.3 is 0 Å². The minimum Gasteiger partial charge on any atom is -0.507 e. The van der Waals surface area contributed by atoms with Gasteiger partial charge in [0.1, 0.15) is 5.76 Å². The number of hydrogen-bond acceptors (Lipinski definition) is 4. The van der Waals surface area contributed by atoms with E-state index in [9.17, 15) is 14.7 Å². The van der Waals surface area contributed by atoms with Crippen LogP contribution in [-0.2, 0) is 9.59 Å². The first-order valence-corrected chi connectivity index (χ1v) is 9.76. The Bertz CT molecular complexity index is 959. The molecule has 1 aliphatic carbocycles. The van der Waals surface area contributed by atoms with E-state index in [0.717, 1.165) is 42.4 Å². The predicted octanol–water partition coefficient (Wildman–Crippen LogP) is 4.06. The fourth-order valence-corrected chi connectivity index (χ4v) is 4.32. The Hall–Kier alpha value is -2.95. The molecule has 28 heavy (non-hydrogen) atoms. The summed E-state index contributed by atoms with van der Waals surface area (Å²) < 4.78 is 0. The molecule has 1 atom stereocenters. The second-order valence-corrected chi connectivity index (χ2v) is 7.73. The lowest BCUT2D eigenvalue weighted by atomic mass is 9.94. The summed E-state index contributed by atoms with van der Waals surface area (Å²) in [6.45, 7) is 3.95. The smallest absolute Gasteiger partial charge is 0.295 e. The van der Waals surface area contributed by atoms with Crippen molar-refractivity contribution in [2.45, 2.75) is 51.6 Å². The second kappa shape index (κ2) is 7.23. The second-order valence-electron chi connectivity index (χ2n) is 7.73. The summed E-state index contributed by atoms with van der Waals surface area (Å²) in [6.07, 6.45) is 7.19. The van der Waals surface area contributed by atoms with E-state index in [1.807, 2.05) is 32.0 Å². The van der Waals surface area contributed by atoms with Gasteiger partial charge in [-0.3, -0.25) is 14.6 Å². The summed E-state index contributed by atoms with van der Waals surface area (Å²) in [5.41, 5.74) is 3.59. The van der Waals surface area contributed by atoms with E-state index in [4.69, 9.17) is 0 Å². The maximum atomic E-state index is 13.0. The molecule has 1 amide bonds. The van der Waals surface area contributed by atoms with E-state index in [1.165, 1.54) is 0 Å². The molecule has 2 fully saturated rings. The van der Waals surface area contributed by atoms with Crippen LogP contribution in [0.3, 0.4) is 0 Å². The van der Waals surface area contributed by atoms with Crippen molar-refractivity contribution in [3.8, 4) is 0 Å². The fourth-order valence-electron chi connectivity index (χ4n) is 4.32. The van der Waals surface area contributed by atoms with E-state index in [1.54, 1.807) is 29.4 Å². The average Bonchev–Trinajstić information content (AvgIpc) is 3.31. The number of aliphatic hydroxyl groups excluding tert-OH is 1. The van der Waals surface area contributed by atoms with Gasteiger partial charge in [-0.25, -0.2) is 0 Å². The highest BCUT2D eigenvalue weighted by atomic mass is 16.3. The third kappa shape index (κ3) is 3.01. The topological polar surface area (TPSA) is 70.5 Å². The van der Waals surface area contributed by atoms with Crippen LogP contribution in [-0.4, -0.2) is 32.7 Å². The van der Waals surface area contributed by atoms with E-state index in [-0.39, 0.29) is 17.4 Å². The van der Waals surface area contributed by atoms with Gasteiger partial charge < -0.3 is 10.0 Å². The normalized spacial score (nSPS) is 22.2. The molecule has 1 saturated carbocycles. The summed E-state index contributed by atoms with van der Waals surface area (Å²) in [4.78, 5) is 31.8. The number of Topliss-reactive ketones (excluding diaryl/α,β-unsaturated/α-hetero) is 1. The van der Waals surface area contributed by atoms with Crippen LogP contribution in [0.25, 0.3) is 5.76 Å². The number of benzene rings is 1. The maximum Gasteiger partial charge on any atom is 0.295 e. The van der Waals surface area contributed by atoms with Crippen LogP contribution >= 0.6 is 0 Å². The van der Waals surface area contributed by atoms with Gasteiger partial charge in [0, 0.05) is 24.0 Å². The Labute approximate surface area is 164 Å². The number of likely N-dealkylation sites (tertiary alicyclic amines) is 1. The summed E-state index contributed by atoms with van der Waals surface area (Å²) in [5, 5.41) is 11.1. The van der Waals surface area contributed by atoms with Crippen LogP contribution in [0.1, 0.15) is 54.0 Å². The summed E-state index contributed by atoms with van der Waals surface area (Å²) >= 11 is 0. The van der Waals surface area contributed by atoms with Gasteiger partial charge in [0.25, 0.3) is 11.7 Å². The molecule has 5 nitrogen and oxygen atoms in total. The van der Waals surface area contributed by atoms with E-state index < -0.39 is 17.7 Å². The Morgan fingerprint density at radius 1 is 1.11 bits per heavy atom. The lowest BCUT2D eigenvalue weighted by molar-refractivity contribution is -0.141. The first-order valence-electron chi connectivity index (χ1n) is 9.76. The van der Waals surface area contributed by atoms with Crippen molar-refractivity contribution in [3.05, 3.63) is 70.6 Å². The highest BCUT2D eigenvalue weighted by Gasteiger charge is 2.49. The molecule has 1 aliphatic heterocycles. The van der Waals surface area contributed by atoms with Crippen LogP contribution in [0.5, 0.6) is 0 Å². The van der Waals surface area contributed by atoms with Gasteiger partial charge in [0.15, 0.2) is 0 Å². The van der Waals surface area contributed by atoms with Gasteiger partial charge in [-0.15, -0.1) is 0 Å². The first-order chi connectivity index (χ1) is 13.5. The van der Waals surface area contributed by atoms with Gasteiger partial charge in [-0.2, -0.15) is 0 Å². The van der Waals surface area contributed by atoms with Crippen LogP contribution in [0, 0.1) is 13.8 Å². The van der Waals surface area contributed by atoms with Crippen LogP contribution in [0.4, 0.5) is 0 Å². The van der Waals surface area contributed by atoms with Crippen molar-refractivity contribution < 1.29 is 14.7 Å². The molecular weight excluding hydrogens is 352 g/mol. The molecule has 2 aliphatic rings. The number of aliphatic hydroxyl groups is 1. The van der Waals surface area contributed by atoms with E-state index in [0.29, 0.717) is 5.56 Å². The van der Waals surface area contributed by atoms with Crippen LogP contribution in [0.2, 0.25) is 0 Å². The zero-order valence-electron chi connectivity index (χ0n) is 16.2. The SMILES string of the molecule is Cc1ccc(/C(O)=C2/C(=O)C(=O)N(C3CCCC3)C2c2cccnc2)cc1C. The fraction of sp³-hybridized carbons (Fsp3) is 0.348. The van der Waals surface area contributed by atoms with Gasteiger partial charge in [-0.05, 0) is 55.5 Å². The van der Waals surface area contributed by atoms with E-state index in [2.05, 4.69) is 4.98 Å². The molecule has 0 radical (unpaired) electrons. The Morgan fingerprint density at radius 2 is 1.86 bits per heavy atom. The number of hydrogen-bond donors (Lipinski definition) is 1. The van der Waals surface area contributed by atoms with Crippen LogP contribution < -0.4 is 0 Å². The predicted molar refractivity (Wildman–Crippen MR) is 107 cm³/mol. The van der Waals surface area contributed by atoms with Gasteiger partial charge in [0.2, 0.25) is 0 Å². The third-order valence-electron chi connectivity index (χ3n) is 5.98. The standard InChI is InChI=1S/C23H24N2O3/c1-14-9-10-16(12-15(14)2)21(26)19-20(17-6-5-11-24-13-17)25(23(28)22(19)27)18-7-3-4-8-18/h5-6,9-13,18,20,26H,3-4,7-8H2,1-2H3/b21-19-. The molecule has 1 aromatic carbocycles. The quantitative estimate of drug-likeness (QED) is 0.498. The Kier molecular flexibility index (Phi) is 4.75. The largest absolute Gasteiger partial charge is 0.507 e. The molecule has 4 rings (SSSR count). The zero-order chi connectivity index (χ0) is 19.8. The minimum atomic E-state index is -0.614. The molecule has 2 aromatic rings. The van der Waals surface area contributed by atoms with Crippen molar-refractivity contribution >= 4 is 17.4 Å². The van der Waals surface area contributed by atoms with Crippen molar-refractivity contribution in [3.63, 3.8) is 0 Å². The molecule has 144 valence electrons. The molecule has 1 unspecified atom stereocenters. The molecule has 5 heteroatoms. The summed E-state index contributed by atoms with van der Waals surface area (Å²) in [6, 6.07) is 8.63. The zero-order valence-corrected chi connectivity index (χ0v) is 16.2. The van der Waals surface area contributed by atoms with E-state index >= 15 is 0 Å². The number of pyridine rings is 1. The molecule has 1 aromatic heterocycles. The number of carbonyl (C=O) groups excluding carboxylic acids is 2. The Morgan fingerprint density at radius 3 is 2.50 bits per heavy atom. The Balaban J connectivity index is 1.89. The van der Waals surface area contributed by atoms with Crippen LogP contribution in [0.15, 0.2) is 48.3 Å². The lowest BCUT2D eigenvalue weighted by Gasteiger charge is -2.30. The number of amides is 1. The van der Waals surface area contributed by atoms with Crippen molar-refractivity contribution in [1.82, 2.24) is 9.88 Å².